The first kappa shape index (κ1) is 23.2. The maximum absolute atomic E-state index is 11.9. The summed E-state index contributed by atoms with van der Waals surface area (Å²) in [5.74, 6) is -0.291. The summed E-state index contributed by atoms with van der Waals surface area (Å²) in [5, 5.41) is 9.78. The van der Waals surface area contributed by atoms with Gasteiger partial charge in [0.15, 0.2) is 0 Å². The van der Waals surface area contributed by atoms with Gasteiger partial charge in [0, 0.05) is 51.4 Å². The third-order valence-electron chi connectivity index (χ3n) is 8.14. The van der Waals surface area contributed by atoms with E-state index in [1.807, 2.05) is 6.07 Å². The summed E-state index contributed by atoms with van der Waals surface area (Å²) in [6.45, 7) is 8.63. The number of hydrogen-bond acceptors (Lipinski definition) is 5. The number of benzene rings is 1. The summed E-state index contributed by atoms with van der Waals surface area (Å²) in [6.07, 6.45) is 6.27. The zero-order chi connectivity index (χ0) is 23.8. The quantitative estimate of drug-likeness (QED) is 0.525. The number of hydrogen-bond donors (Lipinski definition) is 1. The van der Waals surface area contributed by atoms with E-state index in [1.54, 1.807) is 0 Å². The Hall–Kier alpha value is -2.19. The van der Waals surface area contributed by atoms with Crippen molar-refractivity contribution in [2.45, 2.75) is 51.1 Å². The van der Waals surface area contributed by atoms with Crippen molar-refractivity contribution in [1.82, 2.24) is 14.4 Å². The number of ether oxygens (including phenoxy) is 1. The van der Waals surface area contributed by atoms with Crippen molar-refractivity contribution < 1.29 is 14.6 Å². The Labute approximate surface area is 211 Å². The molecule has 1 N–H and O–H groups in total. The van der Waals surface area contributed by atoms with Crippen molar-refractivity contribution in [3.8, 4) is 11.3 Å². The predicted molar refractivity (Wildman–Crippen MR) is 141 cm³/mol. The highest BCUT2D eigenvalue weighted by atomic mass is 32.1. The molecule has 2 fully saturated rings. The summed E-state index contributed by atoms with van der Waals surface area (Å²) in [6, 6.07) is 10.8. The highest BCUT2D eigenvalue weighted by Gasteiger charge is 2.31. The number of aromatic nitrogens is 1. The molecule has 1 saturated carbocycles. The topological polar surface area (TPSA) is 57.9 Å². The van der Waals surface area contributed by atoms with Crippen LogP contribution in [0.1, 0.15) is 58.8 Å². The summed E-state index contributed by atoms with van der Waals surface area (Å²) >= 11 is 1.48. The molecule has 1 aliphatic carbocycles. The van der Waals surface area contributed by atoms with Gasteiger partial charge in [-0.15, -0.1) is 11.3 Å². The molecule has 2 aliphatic heterocycles. The Morgan fingerprint density at radius 3 is 2.57 bits per heavy atom. The average molecular weight is 494 g/mol. The van der Waals surface area contributed by atoms with Gasteiger partial charge >= 0.3 is 5.97 Å². The number of morpholine rings is 1. The van der Waals surface area contributed by atoms with Crippen LogP contribution >= 0.6 is 11.3 Å². The second-order valence-corrected chi connectivity index (χ2v) is 11.3. The first-order valence-corrected chi connectivity index (χ1v) is 14.0. The molecule has 0 bridgehead atoms. The zero-order valence-electron chi connectivity index (χ0n) is 20.4. The third kappa shape index (κ3) is 4.55. The van der Waals surface area contributed by atoms with Crippen LogP contribution in [0.5, 0.6) is 0 Å². The summed E-state index contributed by atoms with van der Waals surface area (Å²) in [5.41, 5.74) is 6.62. The molecule has 1 saturated heterocycles. The van der Waals surface area contributed by atoms with Gasteiger partial charge in [0.05, 0.1) is 29.1 Å². The highest BCUT2D eigenvalue weighted by molar-refractivity contribution is 7.21. The van der Waals surface area contributed by atoms with Crippen LogP contribution in [0.15, 0.2) is 30.3 Å². The summed E-state index contributed by atoms with van der Waals surface area (Å²) in [4.78, 5) is 17.5. The fourth-order valence-electron chi connectivity index (χ4n) is 6.30. The van der Waals surface area contributed by atoms with E-state index in [1.165, 1.54) is 70.5 Å². The van der Waals surface area contributed by atoms with E-state index < -0.39 is 5.97 Å². The monoisotopic (exact) mass is 493 g/mol. The number of nitrogens with zero attached hydrogens (tertiary/aromatic N) is 3. The van der Waals surface area contributed by atoms with Crippen LogP contribution in [0.2, 0.25) is 0 Å². The zero-order valence-corrected chi connectivity index (χ0v) is 21.2. The molecule has 0 radical (unpaired) electrons. The van der Waals surface area contributed by atoms with Gasteiger partial charge in [-0.3, -0.25) is 9.80 Å². The van der Waals surface area contributed by atoms with E-state index in [-0.39, 0.29) is 0 Å². The van der Waals surface area contributed by atoms with E-state index in [4.69, 9.17) is 4.74 Å². The molecule has 0 atom stereocenters. The third-order valence-corrected chi connectivity index (χ3v) is 9.29. The van der Waals surface area contributed by atoms with Gasteiger partial charge in [0.25, 0.3) is 0 Å². The molecule has 6 rings (SSSR count). The highest BCUT2D eigenvalue weighted by Crippen LogP contribution is 2.47. The Balaban J connectivity index is 1.41. The van der Waals surface area contributed by atoms with Crippen molar-refractivity contribution >= 4 is 27.5 Å². The molecule has 186 valence electrons. The SMILES string of the molecule is O=C(O)c1cc2c(s1)c(C1CCCCC1)c1n2CCN(CCN2CCOCC2)Cc2ccccc2-1. The fourth-order valence-corrected chi connectivity index (χ4v) is 7.42. The molecule has 1 aromatic carbocycles. The first-order chi connectivity index (χ1) is 17.2. The van der Waals surface area contributed by atoms with E-state index in [9.17, 15) is 9.90 Å². The van der Waals surface area contributed by atoms with Crippen LogP contribution in [0.25, 0.3) is 21.5 Å². The van der Waals surface area contributed by atoms with Crippen LogP contribution in [-0.4, -0.2) is 71.4 Å². The van der Waals surface area contributed by atoms with E-state index in [0.717, 1.165) is 64.5 Å². The van der Waals surface area contributed by atoms with Crippen molar-refractivity contribution in [3.05, 3.63) is 46.3 Å². The Morgan fingerprint density at radius 2 is 1.77 bits per heavy atom. The van der Waals surface area contributed by atoms with E-state index >= 15 is 0 Å². The van der Waals surface area contributed by atoms with Crippen molar-refractivity contribution in [2.75, 3.05) is 45.9 Å². The lowest BCUT2D eigenvalue weighted by atomic mass is 9.82. The Kier molecular flexibility index (Phi) is 6.67. The van der Waals surface area contributed by atoms with Gasteiger partial charge < -0.3 is 14.4 Å². The van der Waals surface area contributed by atoms with Gasteiger partial charge in [-0.25, -0.2) is 4.79 Å². The van der Waals surface area contributed by atoms with Crippen LogP contribution in [0, 0.1) is 0 Å². The molecule has 7 heteroatoms. The number of carbonyl (C=O) groups is 1. The van der Waals surface area contributed by atoms with Crippen LogP contribution in [0.4, 0.5) is 0 Å². The first-order valence-electron chi connectivity index (χ1n) is 13.2. The second kappa shape index (κ2) is 10.1. The molecule has 0 spiro atoms. The minimum Gasteiger partial charge on any atom is -0.477 e. The minimum absolute atomic E-state index is 0.460. The number of carboxylic acids is 1. The predicted octanol–water partition coefficient (Wildman–Crippen LogP) is 5.26. The lowest BCUT2D eigenvalue weighted by Gasteiger charge is -2.32. The van der Waals surface area contributed by atoms with Gasteiger partial charge in [0.1, 0.15) is 4.88 Å². The molecule has 6 nitrogen and oxygen atoms in total. The van der Waals surface area contributed by atoms with Gasteiger partial charge in [-0.05, 0) is 36.0 Å². The number of carboxylic acid groups (broad SMARTS) is 1. The van der Waals surface area contributed by atoms with Crippen molar-refractivity contribution in [2.24, 2.45) is 0 Å². The Morgan fingerprint density at radius 1 is 1.00 bits per heavy atom. The van der Waals surface area contributed by atoms with Crippen LogP contribution < -0.4 is 0 Å². The van der Waals surface area contributed by atoms with Crippen molar-refractivity contribution in [1.29, 1.82) is 0 Å². The summed E-state index contributed by atoms with van der Waals surface area (Å²) in [7, 11) is 0. The molecule has 3 aliphatic rings. The molecular formula is C28H35N3O3S. The fraction of sp³-hybridized carbons (Fsp3) is 0.536. The van der Waals surface area contributed by atoms with Gasteiger partial charge in [0.2, 0.25) is 0 Å². The van der Waals surface area contributed by atoms with Gasteiger partial charge in [-0.2, -0.15) is 0 Å². The molecule has 0 unspecified atom stereocenters. The number of thiophene rings is 1. The number of fused-ring (bicyclic) bond motifs is 5. The number of rotatable bonds is 5. The van der Waals surface area contributed by atoms with Crippen LogP contribution in [-0.2, 0) is 17.8 Å². The second-order valence-electron chi connectivity index (χ2n) is 10.3. The molecule has 2 aromatic heterocycles. The Bertz CT molecular complexity index is 1200. The van der Waals surface area contributed by atoms with E-state index in [0.29, 0.717) is 10.8 Å². The molecule has 4 heterocycles. The lowest BCUT2D eigenvalue weighted by Crippen LogP contribution is -2.42. The molecule has 0 amide bonds. The normalized spacial score (nSPS) is 20.3. The van der Waals surface area contributed by atoms with Crippen molar-refractivity contribution in [3.63, 3.8) is 0 Å². The molecule has 3 aromatic rings. The maximum Gasteiger partial charge on any atom is 0.345 e. The molecule has 35 heavy (non-hydrogen) atoms. The van der Waals surface area contributed by atoms with Crippen LogP contribution in [0.3, 0.4) is 0 Å². The minimum atomic E-state index is -0.812. The molecular weight excluding hydrogens is 458 g/mol. The largest absolute Gasteiger partial charge is 0.477 e. The van der Waals surface area contributed by atoms with E-state index in [2.05, 4.69) is 38.6 Å². The maximum atomic E-state index is 11.9. The van der Waals surface area contributed by atoms with Gasteiger partial charge in [-0.1, -0.05) is 43.5 Å². The lowest BCUT2D eigenvalue weighted by molar-refractivity contribution is 0.0327. The standard InChI is InChI=1S/C28H35N3O3S/c32-28(33)24-18-23-27(35-24)25(20-6-2-1-3-7-20)26-22-9-5-4-8-21(22)19-30(12-13-31(23)26)11-10-29-14-16-34-17-15-29/h4-5,8-9,18,20H,1-3,6-7,10-17,19H2,(H,32,33). The average Bonchev–Trinajstić information content (AvgIpc) is 3.43. The number of aromatic carboxylic acids is 1. The summed E-state index contributed by atoms with van der Waals surface area (Å²) < 4.78 is 9.20. The smallest absolute Gasteiger partial charge is 0.345 e.